The Morgan fingerprint density at radius 1 is 1.09 bits per heavy atom. The Morgan fingerprint density at radius 2 is 1.75 bits per heavy atom. The average molecular weight is 472 g/mol. The molecule has 6 nitrogen and oxygen atoms in total. The summed E-state index contributed by atoms with van der Waals surface area (Å²) in [5.41, 5.74) is 5.18. The monoisotopic (exact) mass is 471 g/mol. The van der Waals surface area contributed by atoms with Gasteiger partial charge in [0.1, 0.15) is 11.6 Å². The lowest BCUT2D eigenvalue weighted by Crippen LogP contribution is -2.49. The van der Waals surface area contributed by atoms with Crippen LogP contribution in [0.4, 0.5) is 4.79 Å². The van der Waals surface area contributed by atoms with Crippen molar-refractivity contribution in [3.05, 3.63) is 92.9 Å². The molecule has 1 unspecified atom stereocenters. The molecule has 1 atom stereocenters. The van der Waals surface area contributed by atoms with E-state index in [2.05, 4.69) is 34.6 Å². The second-order valence-electron chi connectivity index (χ2n) is 7.83. The van der Waals surface area contributed by atoms with Crippen LogP contribution in [0.25, 0.3) is 11.1 Å². The van der Waals surface area contributed by atoms with E-state index in [0.29, 0.717) is 19.6 Å². The lowest BCUT2D eigenvalue weighted by atomic mass is 9.98. The maximum Gasteiger partial charge on any atom is 0.410 e. The summed E-state index contributed by atoms with van der Waals surface area (Å²) >= 11 is 6.00. The lowest BCUT2D eigenvalue weighted by molar-refractivity contribution is 0.0752. The summed E-state index contributed by atoms with van der Waals surface area (Å²) in [4.78, 5) is 29.0. The molecule has 2 heterocycles. The third-order valence-corrected chi connectivity index (χ3v) is 6.36. The number of nitrogens with zero attached hydrogens (tertiary/aromatic N) is 1. The van der Waals surface area contributed by atoms with Gasteiger partial charge in [0.05, 0.1) is 6.04 Å². The summed E-state index contributed by atoms with van der Waals surface area (Å²) in [5.74, 6) is 0.0141. The molecule has 1 saturated heterocycles. The molecule has 3 aromatic rings. The number of halogens is 2. The number of pyridine rings is 1. The van der Waals surface area contributed by atoms with E-state index in [-0.39, 0.29) is 47.6 Å². The zero-order valence-electron chi connectivity index (χ0n) is 17.2. The largest absolute Gasteiger partial charge is 0.448 e. The standard InChI is InChI=1S/C24H22ClN3O3.ClH/c25-21-11-15(12-27-23(21)29)22-13-26-9-10-28(22)24(30)31-14-20-18-7-3-1-5-16(18)17-6-2-4-8-19(17)20;/h1-8,11-12,20,22,26H,9-10,13-14H2,(H,27,29);1H. The fourth-order valence-corrected chi connectivity index (χ4v) is 4.74. The number of aromatic nitrogens is 1. The smallest absolute Gasteiger partial charge is 0.410 e. The minimum absolute atomic E-state index is 0. The lowest BCUT2D eigenvalue weighted by Gasteiger charge is -2.35. The summed E-state index contributed by atoms with van der Waals surface area (Å²) in [5, 5.41) is 3.40. The second-order valence-corrected chi connectivity index (χ2v) is 8.23. The molecule has 5 rings (SSSR count). The predicted octanol–water partition coefficient (Wildman–Crippen LogP) is 4.35. The first-order chi connectivity index (χ1) is 15.1. The van der Waals surface area contributed by atoms with E-state index in [1.165, 1.54) is 22.3 Å². The fraction of sp³-hybridized carbons (Fsp3) is 0.250. The number of nitrogens with one attached hydrogen (secondary N) is 2. The second kappa shape index (κ2) is 9.36. The van der Waals surface area contributed by atoms with Gasteiger partial charge >= 0.3 is 6.09 Å². The van der Waals surface area contributed by atoms with Crippen LogP contribution in [-0.4, -0.2) is 42.2 Å². The predicted molar refractivity (Wildman–Crippen MR) is 127 cm³/mol. The number of ether oxygens (including phenoxy) is 1. The molecule has 8 heteroatoms. The quantitative estimate of drug-likeness (QED) is 0.595. The summed E-state index contributed by atoms with van der Waals surface area (Å²) in [6, 6.07) is 17.9. The van der Waals surface area contributed by atoms with Crippen molar-refractivity contribution in [1.29, 1.82) is 0 Å². The molecule has 1 fully saturated rings. The number of fused-ring (bicyclic) bond motifs is 3. The van der Waals surface area contributed by atoms with Crippen molar-refractivity contribution < 1.29 is 9.53 Å². The van der Waals surface area contributed by atoms with E-state index in [4.69, 9.17) is 16.3 Å². The number of amides is 1. The molecule has 2 aromatic carbocycles. The first-order valence-corrected chi connectivity index (χ1v) is 10.7. The molecule has 0 saturated carbocycles. The van der Waals surface area contributed by atoms with E-state index in [1.807, 2.05) is 24.3 Å². The molecule has 0 spiro atoms. The SMILES string of the molecule is Cl.O=C(OCC1c2ccccc2-c2ccccc21)N1CCNCC1c1c[nH]c(=O)c(Cl)c1. The van der Waals surface area contributed by atoms with E-state index in [9.17, 15) is 9.59 Å². The highest BCUT2D eigenvalue weighted by Gasteiger charge is 2.32. The highest BCUT2D eigenvalue weighted by Crippen LogP contribution is 2.44. The van der Waals surface area contributed by atoms with Gasteiger partial charge in [0.15, 0.2) is 0 Å². The van der Waals surface area contributed by atoms with E-state index in [0.717, 1.165) is 5.56 Å². The topological polar surface area (TPSA) is 74.4 Å². The Kier molecular flexibility index (Phi) is 6.55. The van der Waals surface area contributed by atoms with E-state index < -0.39 is 0 Å². The highest BCUT2D eigenvalue weighted by atomic mass is 35.5. The van der Waals surface area contributed by atoms with Gasteiger partial charge in [-0.25, -0.2) is 4.79 Å². The van der Waals surface area contributed by atoms with Crippen molar-refractivity contribution in [2.75, 3.05) is 26.2 Å². The Labute approximate surface area is 197 Å². The van der Waals surface area contributed by atoms with Crippen LogP contribution in [-0.2, 0) is 4.74 Å². The van der Waals surface area contributed by atoms with Crippen molar-refractivity contribution in [2.45, 2.75) is 12.0 Å². The maximum absolute atomic E-state index is 13.1. The molecular weight excluding hydrogens is 449 g/mol. The van der Waals surface area contributed by atoms with Gasteiger partial charge in [-0.15, -0.1) is 12.4 Å². The number of aromatic amines is 1. The molecule has 0 bridgehead atoms. The Bertz CT molecular complexity index is 1150. The van der Waals surface area contributed by atoms with Gasteiger partial charge < -0.3 is 15.0 Å². The molecule has 166 valence electrons. The number of rotatable bonds is 3. The zero-order chi connectivity index (χ0) is 21.4. The number of hydrogen-bond acceptors (Lipinski definition) is 4. The van der Waals surface area contributed by atoms with Crippen molar-refractivity contribution in [3.63, 3.8) is 0 Å². The summed E-state index contributed by atoms with van der Waals surface area (Å²) < 4.78 is 5.84. The number of carbonyl (C=O) groups is 1. The third kappa shape index (κ3) is 4.01. The number of piperazine rings is 1. The molecule has 2 aliphatic rings. The molecule has 1 aromatic heterocycles. The van der Waals surface area contributed by atoms with Crippen molar-refractivity contribution in [2.24, 2.45) is 0 Å². The van der Waals surface area contributed by atoms with Crippen LogP contribution in [0.2, 0.25) is 5.02 Å². The van der Waals surface area contributed by atoms with Crippen LogP contribution in [0.5, 0.6) is 0 Å². The molecule has 1 aliphatic heterocycles. The zero-order valence-corrected chi connectivity index (χ0v) is 18.8. The minimum atomic E-state index is -0.365. The molecule has 0 radical (unpaired) electrons. The summed E-state index contributed by atoms with van der Waals surface area (Å²) in [6.07, 6.45) is 1.24. The van der Waals surface area contributed by atoms with Gasteiger partial charge in [0.2, 0.25) is 0 Å². The minimum Gasteiger partial charge on any atom is -0.448 e. The van der Waals surface area contributed by atoms with Crippen LogP contribution < -0.4 is 10.9 Å². The van der Waals surface area contributed by atoms with E-state index in [1.54, 1.807) is 17.2 Å². The van der Waals surface area contributed by atoms with Crippen molar-refractivity contribution in [1.82, 2.24) is 15.2 Å². The number of hydrogen-bond donors (Lipinski definition) is 2. The Balaban J connectivity index is 0.00000245. The first kappa shape index (κ1) is 22.4. The fourth-order valence-electron chi connectivity index (χ4n) is 4.56. The molecule has 1 amide bonds. The average Bonchev–Trinajstić information content (AvgIpc) is 3.13. The third-order valence-electron chi connectivity index (χ3n) is 6.08. The van der Waals surface area contributed by atoms with Crippen molar-refractivity contribution in [3.8, 4) is 11.1 Å². The van der Waals surface area contributed by atoms with Crippen LogP contribution in [0.3, 0.4) is 0 Å². The van der Waals surface area contributed by atoms with Crippen LogP contribution >= 0.6 is 24.0 Å². The summed E-state index contributed by atoms with van der Waals surface area (Å²) in [7, 11) is 0. The number of carbonyl (C=O) groups excluding carboxylic acids is 1. The first-order valence-electron chi connectivity index (χ1n) is 10.3. The molecular formula is C24H23Cl2N3O3. The molecule has 2 N–H and O–H groups in total. The van der Waals surface area contributed by atoms with Crippen LogP contribution in [0.1, 0.15) is 28.7 Å². The van der Waals surface area contributed by atoms with Gasteiger partial charge in [-0.05, 0) is 33.9 Å². The van der Waals surface area contributed by atoms with Crippen molar-refractivity contribution >= 4 is 30.1 Å². The van der Waals surface area contributed by atoms with Gasteiger partial charge in [0.25, 0.3) is 5.56 Å². The van der Waals surface area contributed by atoms with Crippen LogP contribution in [0, 0.1) is 0 Å². The normalized spacial score (nSPS) is 17.3. The van der Waals surface area contributed by atoms with Gasteiger partial charge in [-0.2, -0.15) is 0 Å². The number of H-pyrrole nitrogens is 1. The van der Waals surface area contributed by atoms with Gasteiger partial charge in [-0.3, -0.25) is 9.69 Å². The van der Waals surface area contributed by atoms with Gasteiger partial charge in [0, 0.05) is 31.7 Å². The van der Waals surface area contributed by atoms with Crippen LogP contribution in [0.15, 0.2) is 65.6 Å². The van der Waals surface area contributed by atoms with Gasteiger partial charge in [-0.1, -0.05) is 60.1 Å². The maximum atomic E-state index is 13.1. The number of benzene rings is 2. The molecule has 32 heavy (non-hydrogen) atoms. The highest BCUT2D eigenvalue weighted by molar-refractivity contribution is 6.30. The Hall–Kier alpha value is -2.80. The van der Waals surface area contributed by atoms with E-state index >= 15 is 0 Å². The Morgan fingerprint density at radius 3 is 2.41 bits per heavy atom. The molecule has 1 aliphatic carbocycles. The summed E-state index contributed by atoms with van der Waals surface area (Å²) in [6.45, 7) is 2.03.